The van der Waals surface area contributed by atoms with E-state index in [1.165, 1.54) is 5.01 Å². The summed E-state index contributed by atoms with van der Waals surface area (Å²) < 4.78 is 0. The number of nitrogens with zero attached hydrogens (tertiary/aromatic N) is 2. The standard InChI is InChI=1S/C10H17N5O/c1-7(6-16)15(12)10(11)8-4-3-5-9(13-2)14-8/h3-5,7,11,16H,6,12H2,1-2H3,(H,13,14). The van der Waals surface area contributed by atoms with Crippen molar-refractivity contribution in [2.24, 2.45) is 5.84 Å². The van der Waals surface area contributed by atoms with Crippen molar-refractivity contribution in [2.75, 3.05) is 19.0 Å². The molecule has 0 aliphatic heterocycles. The van der Waals surface area contributed by atoms with Crippen LogP contribution in [0.4, 0.5) is 5.82 Å². The van der Waals surface area contributed by atoms with E-state index in [0.29, 0.717) is 11.5 Å². The van der Waals surface area contributed by atoms with Gasteiger partial charge in [-0.2, -0.15) is 0 Å². The second-order valence-corrected chi connectivity index (χ2v) is 3.45. The van der Waals surface area contributed by atoms with Crippen LogP contribution in [-0.2, 0) is 0 Å². The van der Waals surface area contributed by atoms with Crippen molar-refractivity contribution in [1.82, 2.24) is 9.99 Å². The number of hydrogen-bond acceptors (Lipinski definition) is 5. The highest BCUT2D eigenvalue weighted by atomic mass is 16.3. The van der Waals surface area contributed by atoms with Gasteiger partial charge in [-0.3, -0.25) is 10.4 Å². The van der Waals surface area contributed by atoms with Crippen molar-refractivity contribution in [3.05, 3.63) is 23.9 Å². The molecule has 0 spiro atoms. The van der Waals surface area contributed by atoms with Crippen LogP contribution in [0, 0.1) is 5.41 Å². The summed E-state index contributed by atoms with van der Waals surface area (Å²) in [5, 5.41) is 20.9. The number of aliphatic hydroxyl groups excluding tert-OH is 1. The molecule has 1 atom stereocenters. The van der Waals surface area contributed by atoms with Gasteiger partial charge in [0.05, 0.1) is 12.6 Å². The van der Waals surface area contributed by atoms with Gasteiger partial charge < -0.3 is 10.4 Å². The Morgan fingerprint density at radius 2 is 2.38 bits per heavy atom. The average Bonchev–Trinajstić information content (AvgIpc) is 2.36. The van der Waals surface area contributed by atoms with Crippen LogP contribution >= 0.6 is 0 Å². The normalized spacial score (nSPS) is 12.0. The fourth-order valence-corrected chi connectivity index (χ4v) is 1.15. The lowest BCUT2D eigenvalue weighted by atomic mass is 10.2. The molecule has 0 bridgehead atoms. The summed E-state index contributed by atoms with van der Waals surface area (Å²) in [4.78, 5) is 4.19. The Labute approximate surface area is 94.6 Å². The van der Waals surface area contributed by atoms with Gasteiger partial charge in [0, 0.05) is 7.05 Å². The monoisotopic (exact) mass is 223 g/mol. The van der Waals surface area contributed by atoms with E-state index >= 15 is 0 Å². The zero-order chi connectivity index (χ0) is 12.1. The molecule has 1 heterocycles. The first kappa shape index (κ1) is 12.4. The van der Waals surface area contributed by atoms with Gasteiger partial charge in [-0.1, -0.05) is 6.07 Å². The Hall–Kier alpha value is -1.66. The maximum absolute atomic E-state index is 8.95. The summed E-state index contributed by atoms with van der Waals surface area (Å²) in [6, 6.07) is 4.98. The number of nitrogens with one attached hydrogen (secondary N) is 2. The first-order chi connectivity index (χ1) is 7.60. The molecule has 1 unspecified atom stereocenters. The summed E-state index contributed by atoms with van der Waals surface area (Å²) in [5.74, 6) is 6.44. The molecule has 0 amide bonds. The van der Waals surface area contributed by atoms with Gasteiger partial charge >= 0.3 is 0 Å². The summed E-state index contributed by atoms with van der Waals surface area (Å²) in [5.41, 5.74) is 0.467. The minimum absolute atomic E-state index is 0.0821. The molecule has 0 fully saturated rings. The lowest BCUT2D eigenvalue weighted by Crippen LogP contribution is -2.46. The van der Waals surface area contributed by atoms with E-state index in [0.717, 1.165) is 0 Å². The van der Waals surface area contributed by atoms with Crippen LogP contribution in [0.2, 0.25) is 0 Å². The quantitative estimate of drug-likeness (QED) is 0.249. The molecule has 0 aliphatic rings. The summed E-state index contributed by atoms with van der Waals surface area (Å²) in [6.45, 7) is 1.63. The minimum atomic E-state index is -0.312. The van der Waals surface area contributed by atoms with Crippen molar-refractivity contribution < 1.29 is 5.11 Å². The van der Waals surface area contributed by atoms with Crippen LogP contribution in [0.5, 0.6) is 0 Å². The second-order valence-electron chi connectivity index (χ2n) is 3.45. The van der Waals surface area contributed by atoms with Crippen LogP contribution in [0.1, 0.15) is 12.6 Å². The molecule has 88 valence electrons. The van der Waals surface area contributed by atoms with E-state index in [9.17, 15) is 0 Å². The van der Waals surface area contributed by atoms with Crippen molar-refractivity contribution in [1.29, 1.82) is 5.41 Å². The molecule has 16 heavy (non-hydrogen) atoms. The number of amidine groups is 1. The summed E-state index contributed by atoms with van der Waals surface area (Å²) in [6.07, 6.45) is 0. The van der Waals surface area contributed by atoms with Gasteiger partial charge in [-0.15, -0.1) is 0 Å². The molecule has 0 saturated carbocycles. The number of anilines is 1. The van der Waals surface area contributed by atoms with E-state index in [4.69, 9.17) is 16.4 Å². The zero-order valence-electron chi connectivity index (χ0n) is 9.44. The van der Waals surface area contributed by atoms with Gasteiger partial charge in [0.25, 0.3) is 0 Å². The number of hydrazine groups is 1. The number of hydrogen-bond donors (Lipinski definition) is 4. The van der Waals surface area contributed by atoms with Crippen LogP contribution in [-0.4, -0.2) is 40.6 Å². The third-order valence-electron chi connectivity index (χ3n) is 2.25. The topological polar surface area (TPSA) is 98.3 Å². The van der Waals surface area contributed by atoms with Gasteiger partial charge in [-0.25, -0.2) is 10.8 Å². The van der Waals surface area contributed by atoms with E-state index in [1.807, 2.05) is 0 Å². The van der Waals surface area contributed by atoms with E-state index in [1.54, 1.807) is 32.2 Å². The molecule has 1 aromatic heterocycles. The lowest BCUT2D eigenvalue weighted by molar-refractivity contribution is 0.193. The molecule has 0 saturated heterocycles. The first-order valence-corrected chi connectivity index (χ1v) is 4.98. The lowest BCUT2D eigenvalue weighted by Gasteiger charge is -2.24. The average molecular weight is 223 g/mol. The second kappa shape index (κ2) is 5.43. The maximum Gasteiger partial charge on any atom is 0.161 e. The van der Waals surface area contributed by atoms with Gasteiger partial charge in [0.2, 0.25) is 0 Å². The zero-order valence-corrected chi connectivity index (χ0v) is 9.44. The number of aliphatic hydroxyl groups is 1. The number of aromatic nitrogens is 1. The van der Waals surface area contributed by atoms with Crippen molar-refractivity contribution >= 4 is 11.7 Å². The van der Waals surface area contributed by atoms with Crippen LogP contribution in [0.3, 0.4) is 0 Å². The Morgan fingerprint density at radius 3 is 2.94 bits per heavy atom. The third kappa shape index (κ3) is 2.68. The Kier molecular flexibility index (Phi) is 4.21. The minimum Gasteiger partial charge on any atom is -0.394 e. The molecule has 6 nitrogen and oxygen atoms in total. The molecule has 6 heteroatoms. The fourth-order valence-electron chi connectivity index (χ4n) is 1.15. The third-order valence-corrected chi connectivity index (χ3v) is 2.25. The number of pyridine rings is 1. The molecular weight excluding hydrogens is 206 g/mol. The molecule has 0 radical (unpaired) electrons. The first-order valence-electron chi connectivity index (χ1n) is 4.98. The van der Waals surface area contributed by atoms with E-state index < -0.39 is 0 Å². The highest BCUT2D eigenvalue weighted by Gasteiger charge is 2.15. The molecule has 0 aliphatic carbocycles. The van der Waals surface area contributed by atoms with Crippen molar-refractivity contribution in [3.63, 3.8) is 0 Å². The molecular formula is C10H17N5O. The smallest absolute Gasteiger partial charge is 0.161 e. The molecule has 5 N–H and O–H groups in total. The Morgan fingerprint density at radius 1 is 1.69 bits per heavy atom. The SMILES string of the molecule is CNc1cccc(C(=N)N(N)C(C)CO)n1. The molecule has 1 aromatic rings. The molecule has 0 aromatic carbocycles. The predicted molar refractivity (Wildman–Crippen MR) is 63.2 cm³/mol. The van der Waals surface area contributed by atoms with E-state index in [2.05, 4.69) is 10.3 Å². The van der Waals surface area contributed by atoms with Gasteiger partial charge in [0.1, 0.15) is 11.5 Å². The Balaban J connectivity index is 2.87. The summed E-state index contributed by atoms with van der Waals surface area (Å²) in [7, 11) is 1.76. The van der Waals surface area contributed by atoms with Crippen LogP contribution < -0.4 is 11.2 Å². The highest BCUT2D eigenvalue weighted by molar-refractivity contribution is 5.94. The van der Waals surface area contributed by atoms with Gasteiger partial charge in [0.15, 0.2) is 5.84 Å². The van der Waals surface area contributed by atoms with Crippen molar-refractivity contribution in [3.8, 4) is 0 Å². The predicted octanol–water partition coefficient (Wildman–Crippen LogP) is 0.00517. The van der Waals surface area contributed by atoms with Crippen LogP contribution in [0.25, 0.3) is 0 Å². The van der Waals surface area contributed by atoms with E-state index in [-0.39, 0.29) is 18.5 Å². The molecule has 1 rings (SSSR count). The fraction of sp³-hybridized carbons (Fsp3) is 0.400. The van der Waals surface area contributed by atoms with Crippen molar-refractivity contribution in [2.45, 2.75) is 13.0 Å². The summed E-state index contributed by atoms with van der Waals surface area (Å²) >= 11 is 0. The largest absolute Gasteiger partial charge is 0.394 e. The van der Waals surface area contributed by atoms with Gasteiger partial charge in [-0.05, 0) is 19.1 Å². The number of nitrogens with two attached hydrogens (primary N) is 1. The maximum atomic E-state index is 8.95. The van der Waals surface area contributed by atoms with Crippen LogP contribution in [0.15, 0.2) is 18.2 Å². The Bertz CT molecular complexity index is 368. The highest BCUT2D eigenvalue weighted by Crippen LogP contribution is 2.06. The number of rotatable bonds is 4.